The average molecular weight is 357 g/mol. The third-order valence-electron chi connectivity index (χ3n) is 3.52. The highest BCUT2D eigenvalue weighted by molar-refractivity contribution is 6.36. The van der Waals surface area contributed by atoms with Crippen molar-refractivity contribution in [1.82, 2.24) is 10.3 Å². The predicted molar refractivity (Wildman–Crippen MR) is 97.3 cm³/mol. The molecule has 0 bridgehead atoms. The number of halogens is 2. The molecule has 3 nitrogen and oxygen atoms in total. The molecular formula is C19H14Cl2N2O. The molecule has 0 unspecified atom stereocenters. The van der Waals surface area contributed by atoms with E-state index in [0.717, 1.165) is 16.8 Å². The van der Waals surface area contributed by atoms with Gasteiger partial charge in [-0.25, -0.2) is 0 Å². The molecule has 24 heavy (non-hydrogen) atoms. The van der Waals surface area contributed by atoms with Crippen LogP contribution >= 0.6 is 23.2 Å². The van der Waals surface area contributed by atoms with Crippen molar-refractivity contribution in [2.24, 2.45) is 0 Å². The minimum absolute atomic E-state index is 0.160. The summed E-state index contributed by atoms with van der Waals surface area (Å²) in [7, 11) is 0. The van der Waals surface area contributed by atoms with Crippen molar-refractivity contribution < 1.29 is 4.79 Å². The number of amides is 1. The molecule has 120 valence electrons. The molecule has 1 amide bonds. The molecule has 0 saturated heterocycles. The van der Waals surface area contributed by atoms with E-state index in [-0.39, 0.29) is 5.91 Å². The Labute approximate surface area is 150 Å². The van der Waals surface area contributed by atoms with Gasteiger partial charge in [-0.1, -0.05) is 47.5 Å². The maximum Gasteiger partial charge on any atom is 0.251 e. The number of hydrogen-bond donors (Lipinski definition) is 1. The molecule has 0 fully saturated rings. The lowest BCUT2D eigenvalue weighted by Gasteiger charge is -2.08. The fourth-order valence-corrected chi connectivity index (χ4v) is 2.84. The van der Waals surface area contributed by atoms with Gasteiger partial charge in [-0.15, -0.1) is 0 Å². The standard InChI is InChI=1S/C19H14Cl2N2O/c20-15-7-8-17(18(21)11-15)13-4-3-5-14(10-13)19(24)23-12-16-6-1-2-9-22-16/h1-11H,12H2,(H,23,24). The van der Waals surface area contributed by atoms with Crippen LogP contribution in [0.15, 0.2) is 66.9 Å². The van der Waals surface area contributed by atoms with Crippen LogP contribution in [0.25, 0.3) is 11.1 Å². The van der Waals surface area contributed by atoms with Crippen LogP contribution in [0.5, 0.6) is 0 Å². The summed E-state index contributed by atoms with van der Waals surface area (Å²) in [5.74, 6) is -0.160. The zero-order valence-electron chi connectivity index (χ0n) is 12.7. The number of pyridine rings is 1. The van der Waals surface area contributed by atoms with Crippen LogP contribution in [0.2, 0.25) is 10.0 Å². The Morgan fingerprint density at radius 2 is 1.88 bits per heavy atom. The second-order valence-corrected chi connectivity index (χ2v) is 6.05. The Bertz CT molecular complexity index is 866. The Kier molecular flexibility index (Phi) is 5.14. The Hall–Kier alpha value is -2.36. The smallest absolute Gasteiger partial charge is 0.251 e. The fourth-order valence-electron chi connectivity index (χ4n) is 2.33. The lowest BCUT2D eigenvalue weighted by Crippen LogP contribution is -2.23. The molecule has 0 radical (unpaired) electrons. The van der Waals surface area contributed by atoms with Gasteiger partial charge in [-0.05, 0) is 42.0 Å². The molecule has 0 aliphatic heterocycles. The Morgan fingerprint density at radius 3 is 2.62 bits per heavy atom. The maximum absolute atomic E-state index is 12.3. The first-order valence-corrected chi connectivity index (χ1v) is 8.13. The zero-order chi connectivity index (χ0) is 16.9. The van der Waals surface area contributed by atoms with Gasteiger partial charge in [0.1, 0.15) is 0 Å². The van der Waals surface area contributed by atoms with Gasteiger partial charge in [-0.2, -0.15) is 0 Å². The fraction of sp³-hybridized carbons (Fsp3) is 0.0526. The number of carbonyl (C=O) groups is 1. The summed E-state index contributed by atoms with van der Waals surface area (Å²) in [6.45, 7) is 0.381. The van der Waals surface area contributed by atoms with Crippen LogP contribution in [0.1, 0.15) is 16.1 Å². The summed E-state index contributed by atoms with van der Waals surface area (Å²) in [5.41, 5.74) is 3.07. The van der Waals surface area contributed by atoms with Gasteiger partial charge in [0.25, 0.3) is 5.91 Å². The van der Waals surface area contributed by atoms with Gasteiger partial charge in [-0.3, -0.25) is 9.78 Å². The number of carbonyl (C=O) groups excluding carboxylic acids is 1. The number of benzene rings is 2. The van der Waals surface area contributed by atoms with Gasteiger partial charge in [0.2, 0.25) is 0 Å². The van der Waals surface area contributed by atoms with Gasteiger partial charge in [0, 0.05) is 27.4 Å². The molecule has 0 atom stereocenters. The number of rotatable bonds is 4. The number of nitrogens with one attached hydrogen (secondary N) is 1. The zero-order valence-corrected chi connectivity index (χ0v) is 14.2. The molecule has 1 N–H and O–H groups in total. The average Bonchev–Trinajstić information content (AvgIpc) is 2.60. The molecule has 1 heterocycles. The summed E-state index contributed by atoms with van der Waals surface area (Å²) < 4.78 is 0. The lowest BCUT2D eigenvalue weighted by atomic mass is 10.0. The van der Waals surface area contributed by atoms with Crippen molar-refractivity contribution in [3.63, 3.8) is 0 Å². The van der Waals surface area contributed by atoms with Gasteiger partial charge >= 0.3 is 0 Å². The largest absolute Gasteiger partial charge is 0.346 e. The van der Waals surface area contributed by atoms with Gasteiger partial charge in [0.15, 0.2) is 0 Å². The summed E-state index contributed by atoms with van der Waals surface area (Å²) in [4.78, 5) is 16.5. The van der Waals surface area contributed by atoms with Crippen LogP contribution in [-0.2, 0) is 6.54 Å². The number of aromatic nitrogens is 1. The molecule has 5 heteroatoms. The van der Waals surface area contributed by atoms with Crippen LogP contribution in [0.4, 0.5) is 0 Å². The summed E-state index contributed by atoms with van der Waals surface area (Å²) >= 11 is 12.2. The molecule has 3 aromatic rings. The van der Waals surface area contributed by atoms with E-state index in [1.165, 1.54) is 0 Å². The number of nitrogens with zero attached hydrogens (tertiary/aromatic N) is 1. The minimum Gasteiger partial charge on any atom is -0.346 e. The Morgan fingerprint density at radius 1 is 1.00 bits per heavy atom. The molecule has 0 spiro atoms. The quantitative estimate of drug-likeness (QED) is 0.715. The van der Waals surface area contributed by atoms with Crippen molar-refractivity contribution >= 4 is 29.1 Å². The molecule has 2 aromatic carbocycles. The number of hydrogen-bond acceptors (Lipinski definition) is 2. The third kappa shape index (κ3) is 3.94. The van der Waals surface area contributed by atoms with E-state index in [2.05, 4.69) is 10.3 Å². The minimum atomic E-state index is -0.160. The van der Waals surface area contributed by atoms with Crippen LogP contribution in [0.3, 0.4) is 0 Å². The van der Waals surface area contributed by atoms with Crippen LogP contribution < -0.4 is 5.32 Å². The molecule has 1 aromatic heterocycles. The molecular weight excluding hydrogens is 343 g/mol. The highest BCUT2D eigenvalue weighted by atomic mass is 35.5. The Balaban J connectivity index is 1.78. The van der Waals surface area contributed by atoms with E-state index in [1.54, 1.807) is 24.4 Å². The first-order chi connectivity index (χ1) is 11.6. The monoisotopic (exact) mass is 356 g/mol. The molecule has 0 aliphatic carbocycles. The van der Waals surface area contributed by atoms with E-state index < -0.39 is 0 Å². The second-order valence-electron chi connectivity index (χ2n) is 5.21. The van der Waals surface area contributed by atoms with E-state index in [4.69, 9.17) is 23.2 Å². The second kappa shape index (κ2) is 7.47. The predicted octanol–water partition coefficient (Wildman–Crippen LogP) is 4.99. The van der Waals surface area contributed by atoms with E-state index in [1.807, 2.05) is 42.5 Å². The van der Waals surface area contributed by atoms with Crippen molar-refractivity contribution in [2.75, 3.05) is 0 Å². The third-order valence-corrected chi connectivity index (χ3v) is 4.07. The van der Waals surface area contributed by atoms with Crippen molar-refractivity contribution in [1.29, 1.82) is 0 Å². The topological polar surface area (TPSA) is 42.0 Å². The molecule has 0 aliphatic rings. The van der Waals surface area contributed by atoms with Crippen molar-refractivity contribution in [3.8, 4) is 11.1 Å². The summed E-state index contributed by atoms with van der Waals surface area (Å²) in [6, 6.07) is 18.2. The van der Waals surface area contributed by atoms with Gasteiger partial charge in [0.05, 0.1) is 12.2 Å². The molecule has 3 rings (SSSR count). The van der Waals surface area contributed by atoms with E-state index in [0.29, 0.717) is 22.2 Å². The van der Waals surface area contributed by atoms with Crippen molar-refractivity contribution in [3.05, 3.63) is 88.2 Å². The van der Waals surface area contributed by atoms with Gasteiger partial charge < -0.3 is 5.32 Å². The SMILES string of the molecule is O=C(NCc1ccccn1)c1cccc(-c2ccc(Cl)cc2Cl)c1. The van der Waals surface area contributed by atoms with Crippen LogP contribution in [0, 0.1) is 0 Å². The molecule has 0 saturated carbocycles. The first kappa shape index (κ1) is 16.5. The highest BCUT2D eigenvalue weighted by Crippen LogP contribution is 2.30. The summed E-state index contributed by atoms with van der Waals surface area (Å²) in [6.07, 6.45) is 1.70. The van der Waals surface area contributed by atoms with E-state index >= 15 is 0 Å². The normalized spacial score (nSPS) is 10.4. The summed E-state index contributed by atoms with van der Waals surface area (Å²) in [5, 5.41) is 3.99. The van der Waals surface area contributed by atoms with Crippen LogP contribution in [-0.4, -0.2) is 10.9 Å². The highest BCUT2D eigenvalue weighted by Gasteiger charge is 2.09. The van der Waals surface area contributed by atoms with Crippen molar-refractivity contribution in [2.45, 2.75) is 6.54 Å². The first-order valence-electron chi connectivity index (χ1n) is 7.37. The maximum atomic E-state index is 12.3. The van der Waals surface area contributed by atoms with E-state index in [9.17, 15) is 4.79 Å². The lowest BCUT2D eigenvalue weighted by molar-refractivity contribution is 0.0950.